The van der Waals surface area contributed by atoms with Gasteiger partial charge in [-0.05, 0) is 6.42 Å². The predicted molar refractivity (Wildman–Crippen MR) is 228 cm³/mol. The molecule has 2 aromatic rings. The van der Waals surface area contributed by atoms with Gasteiger partial charge in [0.15, 0.2) is 22.8 Å². The SMILES string of the molecule is CCCCCCCCCCCCCC(=O)SCCNC(=O)CCNC(=O)[C@@H](O)C(C)(C)COP(=O)(O)OP(=O)(O)OC[C@H]1O[C@@H](n2cnc3c(N)ncnc32)[C@H](O)[C@@H]1OP(=O)(O)O. The number of fused-ring (bicyclic) bond motifs is 1. The number of rotatable bonds is 31. The molecule has 3 heterocycles. The average Bonchev–Trinajstić information content (AvgIpc) is 3.76. The van der Waals surface area contributed by atoms with Crippen molar-refractivity contribution in [3.63, 3.8) is 0 Å². The number of ether oxygens (including phenoxy) is 1. The van der Waals surface area contributed by atoms with Crippen LogP contribution in [0.3, 0.4) is 0 Å². The monoisotopic (exact) mass is 977 g/mol. The summed E-state index contributed by atoms with van der Waals surface area (Å²) in [6.07, 6.45) is 6.75. The minimum Gasteiger partial charge on any atom is -0.386 e. The van der Waals surface area contributed by atoms with Crippen molar-refractivity contribution in [1.82, 2.24) is 30.2 Å². The van der Waals surface area contributed by atoms with Crippen molar-refractivity contribution >= 4 is 69.1 Å². The van der Waals surface area contributed by atoms with Crippen LogP contribution in [0.15, 0.2) is 12.7 Å². The summed E-state index contributed by atoms with van der Waals surface area (Å²) in [6, 6.07) is 0. The molecule has 3 rings (SSSR count). The number of hydrogen-bond acceptors (Lipinski definition) is 18. The number of aromatic nitrogens is 4. The first-order valence-corrected chi connectivity index (χ1v) is 26.1. The van der Waals surface area contributed by atoms with Gasteiger partial charge in [-0.25, -0.2) is 28.6 Å². The lowest BCUT2D eigenvalue weighted by atomic mass is 9.87. The van der Waals surface area contributed by atoms with E-state index in [4.69, 9.17) is 19.5 Å². The Labute approximate surface area is 369 Å². The van der Waals surface area contributed by atoms with Gasteiger partial charge in [-0.15, -0.1) is 0 Å². The van der Waals surface area contributed by atoms with Crippen LogP contribution in [-0.4, -0.2) is 123 Å². The van der Waals surface area contributed by atoms with Crippen LogP contribution in [0.5, 0.6) is 0 Å². The number of carbonyl (C=O) groups excluding carboxylic acids is 3. The van der Waals surface area contributed by atoms with Crippen LogP contribution in [0, 0.1) is 5.41 Å². The zero-order chi connectivity index (χ0) is 46.8. The predicted octanol–water partition coefficient (Wildman–Crippen LogP) is 3.37. The maximum absolute atomic E-state index is 12.7. The molecule has 0 aliphatic carbocycles. The van der Waals surface area contributed by atoms with Crippen LogP contribution in [0.1, 0.15) is 110 Å². The summed E-state index contributed by atoms with van der Waals surface area (Å²) >= 11 is 1.15. The Morgan fingerprint density at radius 3 is 2.16 bits per heavy atom. The molecule has 1 aliphatic heterocycles. The Morgan fingerprint density at radius 2 is 1.52 bits per heavy atom. The van der Waals surface area contributed by atoms with Crippen molar-refractivity contribution in [1.29, 1.82) is 0 Å². The molecule has 0 bridgehead atoms. The van der Waals surface area contributed by atoms with E-state index < -0.39 is 84.6 Å². The Hall–Kier alpha value is -2.44. The van der Waals surface area contributed by atoms with Gasteiger partial charge in [0, 0.05) is 37.1 Å². The second-order valence-electron chi connectivity index (χ2n) is 15.6. The third kappa shape index (κ3) is 19.5. The highest BCUT2D eigenvalue weighted by molar-refractivity contribution is 8.13. The normalized spacial score (nSPS) is 20.6. The molecule has 10 N–H and O–H groups in total. The maximum atomic E-state index is 12.7. The van der Waals surface area contributed by atoms with Crippen LogP contribution in [0.4, 0.5) is 5.82 Å². The third-order valence-corrected chi connectivity index (χ3v) is 13.8. The first-order valence-electron chi connectivity index (χ1n) is 20.6. The summed E-state index contributed by atoms with van der Waals surface area (Å²) in [7, 11) is -16.4. The van der Waals surface area contributed by atoms with E-state index >= 15 is 0 Å². The second-order valence-corrected chi connectivity index (χ2v) is 21.0. The zero-order valence-corrected chi connectivity index (χ0v) is 39.1. The number of phosphoric ester groups is 3. The number of anilines is 1. The maximum Gasteiger partial charge on any atom is 0.481 e. The highest BCUT2D eigenvalue weighted by atomic mass is 32.2. The molecule has 2 amide bonds. The molecular formula is C35H62N7O17P3S. The van der Waals surface area contributed by atoms with Gasteiger partial charge in [-0.3, -0.25) is 32.5 Å². The van der Waals surface area contributed by atoms with Gasteiger partial charge in [0.25, 0.3) is 0 Å². The standard InChI is InChI=1S/C35H62N7O17P3S/c1-4-5-6-7-8-9-10-11-12-13-14-15-26(44)63-19-18-37-25(43)16-17-38-33(47)30(46)35(2,3)21-56-62(53,54)59-61(51,52)55-20-24-29(58-60(48,49)50)28(45)34(57-24)42-23-41-27-31(36)39-22-40-32(27)42/h22-24,28-30,34,45-46H,4-21H2,1-3H3,(H,37,43)(H,38,47)(H,51,52)(H,53,54)(H2,36,39,40)(H2,48,49,50)/t24-,28-,29-,30-,34-/m1/s1. The number of hydrogen-bond donors (Lipinski definition) is 9. The Balaban J connectivity index is 1.35. The summed E-state index contributed by atoms with van der Waals surface area (Å²) in [5, 5.41) is 26.6. The van der Waals surface area contributed by atoms with Crippen molar-refractivity contribution in [2.24, 2.45) is 5.41 Å². The Morgan fingerprint density at radius 1 is 0.905 bits per heavy atom. The Kier molecular flexibility index (Phi) is 22.7. The largest absolute Gasteiger partial charge is 0.481 e. The average molecular weight is 978 g/mol. The lowest BCUT2D eigenvalue weighted by molar-refractivity contribution is -0.137. The van der Waals surface area contributed by atoms with E-state index in [0.29, 0.717) is 12.2 Å². The summed E-state index contributed by atoms with van der Waals surface area (Å²) in [5.74, 6) is -1.02. The number of carbonyl (C=O) groups is 3. The van der Waals surface area contributed by atoms with Gasteiger partial charge < -0.3 is 50.9 Å². The lowest BCUT2D eigenvalue weighted by Crippen LogP contribution is -2.46. The number of aliphatic hydroxyl groups excluding tert-OH is 2. The first-order chi connectivity index (χ1) is 29.6. The van der Waals surface area contributed by atoms with Gasteiger partial charge in [0.05, 0.1) is 19.5 Å². The quantitative estimate of drug-likeness (QED) is 0.0386. The molecule has 1 aliphatic rings. The van der Waals surface area contributed by atoms with E-state index in [9.17, 15) is 57.9 Å². The third-order valence-electron chi connectivity index (χ3n) is 9.75. The molecule has 63 heavy (non-hydrogen) atoms. The van der Waals surface area contributed by atoms with Crippen molar-refractivity contribution in [2.45, 2.75) is 135 Å². The number of nitrogens with two attached hydrogens (primary N) is 1. The molecule has 24 nitrogen and oxygen atoms in total. The second kappa shape index (κ2) is 26.0. The molecule has 360 valence electrons. The number of imidazole rings is 1. The molecule has 28 heteroatoms. The summed E-state index contributed by atoms with van der Waals surface area (Å²) in [6.45, 7) is 2.79. The van der Waals surface area contributed by atoms with Gasteiger partial charge in [-0.2, -0.15) is 4.31 Å². The fraction of sp³-hybridized carbons (Fsp3) is 0.771. The van der Waals surface area contributed by atoms with Gasteiger partial charge in [0.1, 0.15) is 36.3 Å². The molecule has 0 aromatic carbocycles. The Bertz CT molecular complexity index is 1920. The minimum atomic E-state index is -5.57. The fourth-order valence-electron chi connectivity index (χ4n) is 6.30. The van der Waals surface area contributed by atoms with Gasteiger partial charge >= 0.3 is 23.5 Å². The summed E-state index contributed by atoms with van der Waals surface area (Å²) < 4.78 is 62.3. The molecule has 0 saturated carbocycles. The van der Waals surface area contributed by atoms with E-state index in [-0.39, 0.29) is 41.6 Å². The number of phosphoric acid groups is 3. The molecule has 1 saturated heterocycles. The van der Waals surface area contributed by atoms with Crippen molar-refractivity contribution in [3.8, 4) is 0 Å². The topological polar surface area (TPSA) is 364 Å². The minimum absolute atomic E-state index is 0.0335. The van der Waals surface area contributed by atoms with Crippen LogP contribution < -0.4 is 16.4 Å². The number of aliphatic hydroxyl groups is 2. The van der Waals surface area contributed by atoms with E-state index in [1.165, 1.54) is 65.2 Å². The highest BCUT2D eigenvalue weighted by Gasteiger charge is 2.50. The number of nitrogens with one attached hydrogen (secondary N) is 2. The number of nitrogen functional groups attached to an aromatic ring is 1. The van der Waals surface area contributed by atoms with Crippen molar-refractivity contribution < 1.29 is 80.5 Å². The molecule has 0 spiro atoms. The van der Waals surface area contributed by atoms with E-state index in [0.717, 1.165) is 48.2 Å². The number of nitrogens with zero attached hydrogens (tertiary/aromatic N) is 4. The molecular weight excluding hydrogens is 915 g/mol. The number of unbranched alkanes of at least 4 members (excludes halogenated alkanes) is 10. The van der Waals surface area contributed by atoms with E-state index in [2.05, 4.69) is 41.3 Å². The van der Waals surface area contributed by atoms with Gasteiger partial charge in [-0.1, -0.05) is 96.7 Å². The lowest BCUT2D eigenvalue weighted by Gasteiger charge is -2.30. The van der Waals surface area contributed by atoms with Crippen LogP contribution in [-0.2, 0) is 50.7 Å². The van der Waals surface area contributed by atoms with Crippen LogP contribution in [0.25, 0.3) is 11.2 Å². The summed E-state index contributed by atoms with van der Waals surface area (Å²) in [4.78, 5) is 88.2. The molecule has 7 atom stereocenters. The van der Waals surface area contributed by atoms with E-state index in [1.54, 1.807) is 0 Å². The van der Waals surface area contributed by atoms with Crippen LogP contribution >= 0.6 is 35.2 Å². The van der Waals surface area contributed by atoms with Crippen LogP contribution in [0.2, 0.25) is 0 Å². The molecule has 2 unspecified atom stereocenters. The number of amides is 2. The zero-order valence-electron chi connectivity index (χ0n) is 35.6. The molecule has 2 aromatic heterocycles. The summed E-state index contributed by atoms with van der Waals surface area (Å²) in [5.41, 5.74) is 4.29. The highest BCUT2D eigenvalue weighted by Crippen LogP contribution is 2.61. The number of thioether (sulfide) groups is 1. The first kappa shape index (κ1) is 54.9. The van der Waals surface area contributed by atoms with Crippen molar-refractivity contribution in [3.05, 3.63) is 12.7 Å². The van der Waals surface area contributed by atoms with E-state index in [1.807, 2.05) is 0 Å². The van der Waals surface area contributed by atoms with Gasteiger partial charge in [0.2, 0.25) is 11.8 Å². The smallest absolute Gasteiger partial charge is 0.386 e. The fourth-order valence-corrected chi connectivity index (χ4v) is 9.85. The van der Waals surface area contributed by atoms with Crippen molar-refractivity contribution in [2.75, 3.05) is 37.8 Å². The molecule has 1 fully saturated rings. The molecule has 0 radical (unpaired) electrons.